The van der Waals surface area contributed by atoms with Crippen LogP contribution in [0.1, 0.15) is 23.9 Å². The van der Waals surface area contributed by atoms with Crippen LogP contribution in [0.15, 0.2) is 36.4 Å². The van der Waals surface area contributed by atoms with Crippen molar-refractivity contribution in [2.24, 2.45) is 0 Å². The lowest BCUT2D eigenvalue weighted by Gasteiger charge is -2.15. The van der Waals surface area contributed by atoms with Crippen molar-refractivity contribution in [2.45, 2.75) is 26.5 Å². The highest BCUT2D eigenvalue weighted by atomic mass is 35.5. The first-order valence-corrected chi connectivity index (χ1v) is 9.82. The van der Waals surface area contributed by atoms with E-state index in [4.69, 9.17) is 44.9 Å². The van der Waals surface area contributed by atoms with Gasteiger partial charge in [0.05, 0.1) is 18.7 Å². The number of halogens is 2. The third kappa shape index (κ3) is 4.79. The van der Waals surface area contributed by atoms with Gasteiger partial charge in [0.1, 0.15) is 6.61 Å². The van der Waals surface area contributed by atoms with E-state index in [1.165, 1.54) is 0 Å². The molecule has 0 bridgehead atoms. The van der Waals surface area contributed by atoms with E-state index in [-0.39, 0.29) is 0 Å². The summed E-state index contributed by atoms with van der Waals surface area (Å²) in [5, 5.41) is 8.10. The second-order valence-electron chi connectivity index (χ2n) is 5.99. The van der Waals surface area contributed by atoms with E-state index >= 15 is 0 Å². The number of aromatic nitrogens is 3. The molecule has 2 N–H and O–H groups in total. The molecule has 0 saturated heterocycles. The molecule has 28 heavy (non-hydrogen) atoms. The number of benzene rings is 2. The van der Waals surface area contributed by atoms with Crippen LogP contribution in [0.2, 0.25) is 10.0 Å². The maximum atomic E-state index is 6.46. The number of hydrogen-bond acceptors (Lipinski definition) is 5. The highest BCUT2D eigenvalue weighted by molar-refractivity contribution is 7.71. The van der Waals surface area contributed by atoms with E-state index in [1.54, 1.807) is 11.8 Å². The molecular weight excluding hydrogens is 419 g/mol. The van der Waals surface area contributed by atoms with Crippen LogP contribution in [-0.2, 0) is 19.6 Å². The number of nitrogens with zero attached hydrogens (tertiary/aromatic N) is 2. The second-order valence-corrected chi connectivity index (χ2v) is 7.22. The van der Waals surface area contributed by atoms with Crippen LogP contribution >= 0.6 is 35.4 Å². The Labute approximate surface area is 178 Å². The Hall–Kier alpha value is -2.22. The number of hydrogen-bond donors (Lipinski definition) is 2. The molecule has 3 rings (SSSR count). The molecule has 0 aliphatic rings. The van der Waals surface area contributed by atoms with Gasteiger partial charge in [-0.25, -0.2) is 4.68 Å². The van der Waals surface area contributed by atoms with Gasteiger partial charge < -0.3 is 14.9 Å². The first-order chi connectivity index (χ1) is 13.5. The highest BCUT2D eigenvalue weighted by Gasteiger charge is 2.13. The Balaban J connectivity index is 1.74. The van der Waals surface area contributed by atoms with Gasteiger partial charge in [-0.05, 0) is 47.6 Å². The molecule has 1 heterocycles. The molecule has 3 aromatic rings. The lowest BCUT2D eigenvalue weighted by Crippen LogP contribution is -2.17. The number of nitrogens with one attached hydrogen (secondary N) is 2. The summed E-state index contributed by atoms with van der Waals surface area (Å²) >= 11 is 17.6. The molecule has 1 aromatic heterocycles. The normalized spacial score (nSPS) is 10.7. The monoisotopic (exact) mass is 438 g/mol. The smallest absolute Gasteiger partial charge is 0.214 e. The molecule has 0 aliphatic heterocycles. The Morgan fingerprint density at radius 2 is 1.93 bits per heavy atom. The van der Waals surface area contributed by atoms with Gasteiger partial charge in [0.2, 0.25) is 4.77 Å². The topological polar surface area (TPSA) is 64.1 Å². The van der Waals surface area contributed by atoms with Crippen molar-refractivity contribution < 1.29 is 9.47 Å². The number of aromatic amines is 1. The second kappa shape index (κ2) is 9.32. The van der Waals surface area contributed by atoms with Crippen LogP contribution in [0.3, 0.4) is 0 Å². The maximum Gasteiger partial charge on any atom is 0.214 e. The van der Waals surface area contributed by atoms with Crippen LogP contribution in [0, 0.1) is 4.77 Å². The molecule has 2 aromatic carbocycles. The van der Waals surface area contributed by atoms with E-state index in [9.17, 15) is 0 Å². The molecule has 0 spiro atoms. The molecule has 9 heteroatoms. The quantitative estimate of drug-likeness (QED) is 0.476. The van der Waals surface area contributed by atoms with Crippen molar-refractivity contribution in [3.05, 3.63) is 68.2 Å². The summed E-state index contributed by atoms with van der Waals surface area (Å²) in [7, 11) is 1.58. The van der Waals surface area contributed by atoms with E-state index in [2.05, 4.69) is 15.6 Å². The van der Waals surface area contributed by atoms with Gasteiger partial charge in [0.15, 0.2) is 17.3 Å². The Morgan fingerprint density at radius 3 is 2.61 bits per heavy atom. The summed E-state index contributed by atoms with van der Waals surface area (Å²) in [6.07, 6.45) is 0.752. The van der Waals surface area contributed by atoms with Gasteiger partial charge in [0, 0.05) is 11.4 Å². The maximum absolute atomic E-state index is 6.46. The summed E-state index contributed by atoms with van der Waals surface area (Å²) in [5.74, 6) is 1.88. The van der Waals surface area contributed by atoms with Crippen LogP contribution in [0.25, 0.3) is 0 Å². The zero-order valence-electron chi connectivity index (χ0n) is 15.5. The van der Waals surface area contributed by atoms with E-state index in [0.29, 0.717) is 39.5 Å². The van der Waals surface area contributed by atoms with E-state index < -0.39 is 0 Å². The van der Waals surface area contributed by atoms with E-state index in [1.807, 2.05) is 43.3 Å². The fraction of sp³-hybridized carbons (Fsp3) is 0.263. The molecule has 0 unspecified atom stereocenters. The van der Waals surface area contributed by atoms with Gasteiger partial charge in [-0.3, -0.25) is 5.10 Å². The molecule has 148 valence electrons. The van der Waals surface area contributed by atoms with Crippen molar-refractivity contribution in [3.8, 4) is 11.5 Å². The molecule has 0 saturated carbocycles. The van der Waals surface area contributed by atoms with Crippen molar-refractivity contribution in [1.82, 2.24) is 14.9 Å². The standard InChI is InChI=1S/C19H20Cl2N4O2S/c1-3-17-23-24-19(28)25(17)22-10-13-8-15(21)18(16(9-13)26-2)27-11-12-4-6-14(20)7-5-12/h4-9,22H,3,10-11H2,1-2H3,(H,24,28). The summed E-state index contributed by atoms with van der Waals surface area (Å²) in [6, 6.07) is 11.2. The Kier molecular flexibility index (Phi) is 6.83. The lowest BCUT2D eigenvalue weighted by atomic mass is 10.2. The lowest BCUT2D eigenvalue weighted by molar-refractivity contribution is 0.284. The minimum Gasteiger partial charge on any atom is -0.493 e. The molecule has 0 amide bonds. The van der Waals surface area contributed by atoms with Gasteiger partial charge in [-0.2, -0.15) is 5.10 Å². The third-order valence-electron chi connectivity index (χ3n) is 4.08. The highest BCUT2D eigenvalue weighted by Crippen LogP contribution is 2.37. The number of aryl methyl sites for hydroxylation is 1. The largest absolute Gasteiger partial charge is 0.493 e. The minimum absolute atomic E-state index is 0.356. The Morgan fingerprint density at radius 1 is 1.18 bits per heavy atom. The van der Waals surface area contributed by atoms with Crippen molar-refractivity contribution in [2.75, 3.05) is 12.5 Å². The van der Waals surface area contributed by atoms with Crippen LogP contribution in [0.5, 0.6) is 11.5 Å². The number of ether oxygens (including phenoxy) is 2. The SMILES string of the molecule is CCc1n[nH]c(=S)n1NCc1cc(Cl)c(OCc2ccc(Cl)cc2)c(OC)c1. The summed E-state index contributed by atoms with van der Waals surface area (Å²) in [4.78, 5) is 0. The molecule has 6 nitrogen and oxygen atoms in total. The third-order valence-corrected chi connectivity index (χ3v) is 4.89. The summed E-state index contributed by atoms with van der Waals surface area (Å²) in [5.41, 5.74) is 5.14. The molecule has 0 aliphatic carbocycles. The molecule has 0 fully saturated rings. The summed E-state index contributed by atoms with van der Waals surface area (Å²) in [6.45, 7) is 2.86. The average molecular weight is 439 g/mol. The Bertz CT molecular complexity index is 1000. The minimum atomic E-state index is 0.356. The zero-order chi connectivity index (χ0) is 20.1. The zero-order valence-corrected chi connectivity index (χ0v) is 17.8. The number of rotatable bonds is 8. The fourth-order valence-corrected chi connectivity index (χ4v) is 3.28. The van der Waals surface area contributed by atoms with Crippen molar-refractivity contribution in [3.63, 3.8) is 0 Å². The number of methoxy groups -OCH3 is 1. The van der Waals surface area contributed by atoms with Crippen molar-refractivity contribution in [1.29, 1.82) is 0 Å². The van der Waals surface area contributed by atoms with Crippen molar-refractivity contribution >= 4 is 35.4 Å². The predicted octanol–water partition coefficient (Wildman–Crippen LogP) is 5.14. The summed E-state index contributed by atoms with van der Waals surface area (Å²) < 4.78 is 13.6. The molecule has 0 atom stereocenters. The van der Waals surface area contributed by atoms with Gasteiger partial charge in [-0.15, -0.1) is 0 Å². The molecule has 0 radical (unpaired) electrons. The van der Waals surface area contributed by atoms with Crippen LogP contribution < -0.4 is 14.9 Å². The molecular formula is C19H20Cl2N4O2S. The average Bonchev–Trinajstić information content (AvgIpc) is 3.06. The van der Waals surface area contributed by atoms with Gasteiger partial charge in [-0.1, -0.05) is 42.3 Å². The van der Waals surface area contributed by atoms with Crippen LogP contribution in [0.4, 0.5) is 0 Å². The van der Waals surface area contributed by atoms with Gasteiger partial charge in [0.25, 0.3) is 0 Å². The van der Waals surface area contributed by atoms with Gasteiger partial charge >= 0.3 is 0 Å². The van der Waals surface area contributed by atoms with Crippen LogP contribution in [-0.4, -0.2) is 22.0 Å². The fourth-order valence-electron chi connectivity index (χ4n) is 2.65. The predicted molar refractivity (Wildman–Crippen MR) is 114 cm³/mol. The van der Waals surface area contributed by atoms with E-state index in [0.717, 1.165) is 23.4 Å². The first-order valence-electron chi connectivity index (χ1n) is 8.65. The first kappa shape index (κ1) is 20.5. The number of H-pyrrole nitrogens is 1.